The van der Waals surface area contributed by atoms with E-state index in [1.165, 1.54) is 0 Å². The molecule has 0 aliphatic rings. The highest BCUT2D eigenvalue weighted by atomic mass is 14.1. The Morgan fingerprint density at radius 1 is 0.842 bits per heavy atom. The predicted molar refractivity (Wildman–Crippen MR) is 79.5 cm³/mol. The summed E-state index contributed by atoms with van der Waals surface area (Å²) in [4.78, 5) is 0. The first-order valence-electron chi connectivity index (χ1n) is 5.79. The summed E-state index contributed by atoms with van der Waals surface area (Å²) in [5.41, 5.74) is 25.5. The third-order valence-corrected chi connectivity index (χ3v) is 2.12. The molecule has 0 aliphatic carbocycles. The highest BCUT2D eigenvalue weighted by Crippen LogP contribution is 2.20. The molecule has 92 valence electrons. The van der Waals surface area contributed by atoms with E-state index in [4.69, 9.17) is 0 Å². The lowest BCUT2D eigenvalue weighted by atomic mass is 9.90. The molecule has 0 unspecified atom stereocenters. The number of hydrogen-bond donors (Lipinski definition) is 0. The largest absolute Gasteiger partial charge is 0.0693 e. The minimum atomic E-state index is -0.0532. The van der Waals surface area contributed by atoms with Crippen LogP contribution in [0.1, 0.15) is 13.8 Å². The van der Waals surface area contributed by atoms with Gasteiger partial charge in [0.1, 0.15) is 0 Å². The van der Waals surface area contributed by atoms with Crippen molar-refractivity contribution in [3.63, 3.8) is 0 Å². The van der Waals surface area contributed by atoms with Gasteiger partial charge in [-0.15, -0.1) is 0 Å². The monoisotopic (exact) mass is 244 g/mol. The van der Waals surface area contributed by atoms with E-state index in [1.807, 2.05) is 12.2 Å². The quantitative estimate of drug-likeness (QED) is 0.635. The molecule has 0 aliphatic heterocycles. The molecule has 0 aromatic carbocycles. The molecule has 0 amide bonds. The maximum absolute atomic E-state index is 3.48. The van der Waals surface area contributed by atoms with E-state index >= 15 is 0 Å². The first-order valence-corrected chi connectivity index (χ1v) is 5.79. The van der Waals surface area contributed by atoms with Gasteiger partial charge in [0.05, 0.1) is 0 Å². The topological polar surface area (TPSA) is 0 Å². The minimum Gasteiger partial charge on any atom is -0.0693 e. The SMILES string of the molecule is C=C=C=C=CC(C=C=C=C=C)C(=C=C=C=C)C(C)C. The zero-order valence-corrected chi connectivity index (χ0v) is 11.4. The second kappa shape index (κ2) is 10.4. The number of allylic oxidation sites excluding steroid dienone is 3. The molecule has 0 nitrogen and oxygen atoms in total. The maximum atomic E-state index is 3.48. The van der Waals surface area contributed by atoms with Gasteiger partial charge in [-0.3, -0.25) is 0 Å². The Morgan fingerprint density at radius 2 is 1.32 bits per heavy atom. The van der Waals surface area contributed by atoms with Crippen molar-refractivity contribution in [2.24, 2.45) is 11.8 Å². The van der Waals surface area contributed by atoms with Gasteiger partial charge in [0, 0.05) is 5.92 Å². The molecule has 0 bridgehead atoms. The van der Waals surface area contributed by atoms with Crippen LogP contribution in [0.15, 0.2) is 89.0 Å². The van der Waals surface area contributed by atoms with E-state index in [1.54, 1.807) is 0 Å². The third kappa shape index (κ3) is 7.22. The summed E-state index contributed by atoms with van der Waals surface area (Å²) in [7, 11) is 0. The first kappa shape index (κ1) is 16.2. The van der Waals surface area contributed by atoms with E-state index in [0.29, 0.717) is 0 Å². The molecule has 0 heteroatoms. The number of rotatable bonds is 4. The molecule has 0 fully saturated rings. The van der Waals surface area contributed by atoms with E-state index < -0.39 is 0 Å². The van der Waals surface area contributed by atoms with Crippen molar-refractivity contribution >= 4 is 0 Å². The number of hydrogen-bond acceptors (Lipinski definition) is 0. The van der Waals surface area contributed by atoms with Crippen molar-refractivity contribution < 1.29 is 0 Å². The minimum absolute atomic E-state index is 0.0532. The lowest BCUT2D eigenvalue weighted by Crippen LogP contribution is -2.02. The molecular weight excluding hydrogens is 228 g/mol. The first-order chi connectivity index (χ1) is 9.17. The Labute approximate surface area is 115 Å². The molecule has 0 atom stereocenters. The van der Waals surface area contributed by atoms with Crippen LogP contribution in [0, 0.1) is 11.8 Å². The molecule has 0 aromatic rings. The molecule has 0 rings (SSSR count). The summed E-state index contributed by atoms with van der Waals surface area (Å²) in [5, 5.41) is 0. The van der Waals surface area contributed by atoms with E-state index in [-0.39, 0.29) is 11.8 Å². The Bertz CT molecular complexity index is 633. The zero-order valence-electron chi connectivity index (χ0n) is 11.4. The standard InChI is InChI=1S/C19H16/c1-6-9-12-14-18(15-13-10-7-2)19(17(4)5)16-11-8-3/h14-15,17-18H,1-3H2,4-5H3. The normalized spacial score (nSPS) is 8.58. The van der Waals surface area contributed by atoms with Crippen molar-refractivity contribution in [2.75, 3.05) is 0 Å². The van der Waals surface area contributed by atoms with Gasteiger partial charge in [0.2, 0.25) is 0 Å². The van der Waals surface area contributed by atoms with Crippen LogP contribution in [-0.4, -0.2) is 0 Å². The van der Waals surface area contributed by atoms with Crippen LogP contribution < -0.4 is 0 Å². The Kier molecular flexibility index (Phi) is 8.89. The van der Waals surface area contributed by atoms with Crippen molar-refractivity contribution in [2.45, 2.75) is 13.8 Å². The third-order valence-electron chi connectivity index (χ3n) is 2.12. The Morgan fingerprint density at radius 3 is 1.68 bits per heavy atom. The average Bonchev–Trinajstić information content (AvgIpc) is 2.38. The fourth-order valence-corrected chi connectivity index (χ4v) is 1.32. The molecule has 0 radical (unpaired) electrons. The Balaban J connectivity index is 6.10. The van der Waals surface area contributed by atoms with E-state index in [2.05, 4.69) is 85.2 Å². The fraction of sp³-hybridized carbons (Fsp3) is 0.211. The summed E-state index contributed by atoms with van der Waals surface area (Å²) in [6.07, 6.45) is 3.64. The highest BCUT2D eigenvalue weighted by molar-refractivity contribution is 5.21. The second-order valence-electron chi connectivity index (χ2n) is 3.79. The molecule has 0 saturated heterocycles. The summed E-state index contributed by atoms with van der Waals surface area (Å²) in [6, 6.07) is 0. The average molecular weight is 244 g/mol. The molecule has 0 aromatic heterocycles. The van der Waals surface area contributed by atoms with Crippen molar-refractivity contribution in [1.29, 1.82) is 0 Å². The fourth-order valence-electron chi connectivity index (χ4n) is 1.32. The van der Waals surface area contributed by atoms with Crippen LogP contribution in [0.25, 0.3) is 0 Å². The molecule has 0 spiro atoms. The van der Waals surface area contributed by atoms with Gasteiger partial charge in [-0.25, -0.2) is 0 Å². The van der Waals surface area contributed by atoms with Crippen LogP contribution in [0.4, 0.5) is 0 Å². The summed E-state index contributed by atoms with van der Waals surface area (Å²) >= 11 is 0. The summed E-state index contributed by atoms with van der Waals surface area (Å²) in [6.45, 7) is 14.5. The summed E-state index contributed by atoms with van der Waals surface area (Å²) in [5.74, 6) is 0.227. The van der Waals surface area contributed by atoms with Gasteiger partial charge in [-0.05, 0) is 60.6 Å². The van der Waals surface area contributed by atoms with Gasteiger partial charge < -0.3 is 0 Å². The molecule has 0 heterocycles. The lowest BCUT2D eigenvalue weighted by molar-refractivity contribution is 0.699. The van der Waals surface area contributed by atoms with Gasteiger partial charge in [0.25, 0.3) is 0 Å². The predicted octanol–water partition coefficient (Wildman–Crippen LogP) is 4.58. The van der Waals surface area contributed by atoms with E-state index in [0.717, 1.165) is 5.57 Å². The summed E-state index contributed by atoms with van der Waals surface area (Å²) < 4.78 is 0. The maximum Gasteiger partial charge on any atom is 0.0406 e. The van der Waals surface area contributed by atoms with Crippen LogP contribution in [0.3, 0.4) is 0 Å². The van der Waals surface area contributed by atoms with Gasteiger partial charge in [0.15, 0.2) is 0 Å². The van der Waals surface area contributed by atoms with Crippen LogP contribution in [0.5, 0.6) is 0 Å². The Hall–Kier alpha value is -2.76. The van der Waals surface area contributed by atoms with Gasteiger partial charge in [-0.2, -0.15) is 0 Å². The molecular formula is C19H16. The van der Waals surface area contributed by atoms with Crippen LogP contribution in [-0.2, 0) is 0 Å². The van der Waals surface area contributed by atoms with Crippen molar-refractivity contribution in [1.82, 2.24) is 0 Å². The lowest BCUT2D eigenvalue weighted by Gasteiger charge is -2.12. The second-order valence-corrected chi connectivity index (χ2v) is 3.79. The van der Waals surface area contributed by atoms with Crippen LogP contribution in [0.2, 0.25) is 0 Å². The van der Waals surface area contributed by atoms with E-state index in [9.17, 15) is 0 Å². The van der Waals surface area contributed by atoms with Crippen molar-refractivity contribution in [3.8, 4) is 0 Å². The van der Waals surface area contributed by atoms with Gasteiger partial charge in [-0.1, -0.05) is 48.2 Å². The highest BCUT2D eigenvalue weighted by Gasteiger charge is 2.11. The molecule has 19 heavy (non-hydrogen) atoms. The molecule has 0 N–H and O–H groups in total. The zero-order chi connectivity index (χ0) is 14.5. The van der Waals surface area contributed by atoms with Crippen molar-refractivity contribution in [3.05, 3.63) is 89.0 Å². The van der Waals surface area contributed by atoms with Crippen LogP contribution >= 0.6 is 0 Å². The molecule has 0 saturated carbocycles. The van der Waals surface area contributed by atoms with Gasteiger partial charge >= 0.3 is 0 Å². The smallest absolute Gasteiger partial charge is 0.0406 e.